The van der Waals surface area contributed by atoms with E-state index in [9.17, 15) is 4.79 Å². The molecule has 0 saturated carbocycles. The number of nitrogens with two attached hydrogens (primary N) is 1. The molecule has 1 fully saturated rings. The molecule has 0 aliphatic carbocycles. The fourth-order valence-corrected chi connectivity index (χ4v) is 3.51. The Morgan fingerprint density at radius 3 is 3.04 bits per heavy atom. The van der Waals surface area contributed by atoms with Gasteiger partial charge in [0.05, 0.1) is 16.9 Å². The lowest BCUT2D eigenvalue weighted by Crippen LogP contribution is -2.40. The standard InChI is InChI=1S/C18H20N6O/c1-12-17(18(25)23-10-4-5-13(23)11-19)21-22-24(12)16-8-2-7-15-14(16)6-3-9-20-15/h2-3,6-9,13H,4-5,10-11,19H2,1H3/t13-/m1/s1. The van der Waals surface area contributed by atoms with Gasteiger partial charge >= 0.3 is 0 Å². The quantitative estimate of drug-likeness (QED) is 0.786. The SMILES string of the molecule is Cc1c(C(=O)N2CCC[C@@H]2CN)nnn1-c1cccc2ncccc12. The number of rotatable bonds is 3. The smallest absolute Gasteiger partial charge is 0.276 e. The average molecular weight is 336 g/mol. The maximum Gasteiger partial charge on any atom is 0.276 e. The number of carbonyl (C=O) groups excluding carboxylic acids is 1. The Hall–Kier alpha value is -2.80. The van der Waals surface area contributed by atoms with Crippen molar-refractivity contribution in [2.75, 3.05) is 13.1 Å². The normalized spacial score (nSPS) is 17.4. The molecule has 1 aliphatic heterocycles. The maximum absolute atomic E-state index is 12.9. The second-order valence-electron chi connectivity index (χ2n) is 6.31. The summed E-state index contributed by atoms with van der Waals surface area (Å²) in [7, 11) is 0. The van der Waals surface area contributed by atoms with Crippen LogP contribution in [0.2, 0.25) is 0 Å². The highest BCUT2D eigenvalue weighted by Gasteiger charge is 2.31. The van der Waals surface area contributed by atoms with Gasteiger partial charge in [0.1, 0.15) is 0 Å². The van der Waals surface area contributed by atoms with Crippen LogP contribution >= 0.6 is 0 Å². The number of fused-ring (bicyclic) bond motifs is 1. The van der Waals surface area contributed by atoms with Crippen molar-refractivity contribution in [1.29, 1.82) is 0 Å². The van der Waals surface area contributed by atoms with Crippen LogP contribution in [-0.4, -0.2) is 49.9 Å². The van der Waals surface area contributed by atoms with E-state index >= 15 is 0 Å². The van der Waals surface area contributed by atoms with Gasteiger partial charge in [0.2, 0.25) is 0 Å². The molecular weight excluding hydrogens is 316 g/mol. The van der Waals surface area contributed by atoms with Crippen molar-refractivity contribution in [3.8, 4) is 5.69 Å². The van der Waals surface area contributed by atoms with Crippen LogP contribution in [0.15, 0.2) is 36.5 Å². The summed E-state index contributed by atoms with van der Waals surface area (Å²) in [4.78, 5) is 19.1. The van der Waals surface area contributed by atoms with Crippen LogP contribution in [0.25, 0.3) is 16.6 Å². The van der Waals surface area contributed by atoms with E-state index < -0.39 is 0 Å². The van der Waals surface area contributed by atoms with Gasteiger partial charge in [-0.25, -0.2) is 4.68 Å². The minimum atomic E-state index is -0.0879. The second kappa shape index (κ2) is 6.25. The highest BCUT2D eigenvalue weighted by atomic mass is 16.2. The summed E-state index contributed by atoms with van der Waals surface area (Å²) in [6.07, 6.45) is 3.69. The van der Waals surface area contributed by atoms with Gasteiger partial charge in [0.15, 0.2) is 5.69 Å². The van der Waals surface area contributed by atoms with Gasteiger partial charge in [0.25, 0.3) is 5.91 Å². The van der Waals surface area contributed by atoms with E-state index in [0.717, 1.165) is 41.7 Å². The summed E-state index contributed by atoms with van der Waals surface area (Å²) in [5.74, 6) is -0.0879. The Kier molecular flexibility index (Phi) is 3.93. The Balaban J connectivity index is 1.75. The number of benzene rings is 1. The van der Waals surface area contributed by atoms with E-state index in [0.29, 0.717) is 12.2 Å². The summed E-state index contributed by atoms with van der Waals surface area (Å²) < 4.78 is 1.71. The zero-order chi connectivity index (χ0) is 17.4. The number of hydrogen-bond acceptors (Lipinski definition) is 5. The summed E-state index contributed by atoms with van der Waals surface area (Å²) in [6, 6.07) is 9.81. The lowest BCUT2D eigenvalue weighted by molar-refractivity contribution is 0.0734. The molecule has 25 heavy (non-hydrogen) atoms. The Morgan fingerprint density at radius 2 is 2.20 bits per heavy atom. The summed E-state index contributed by atoms with van der Waals surface area (Å²) in [5.41, 5.74) is 8.66. The van der Waals surface area contributed by atoms with Crippen LogP contribution in [-0.2, 0) is 0 Å². The summed E-state index contributed by atoms with van der Waals surface area (Å²) in [5, 5.41) is 9.38. The molecule has 7 heteroatoms. The van der Waals surface area contributed by atoms with Gasteiger partial charge in [-0.2, -0.15) is 0 Å². The second-order valence-corrected chi connectivity index (χ2v) is 6.31. The lowest BCUT2D eigenvalue weighted by Gasteiger charge is -2.22. The lowest BCUT2D eigenvalue weighted by atomic mass is 10.1. The van der Waals surface area contributed by atoms with Gasteiger partial charge in [-0.1, -0.05) is 11.3 Å². The van der Waals surface area contributed by atoms with Crippen molar-refractivity contribution in [3.63, 3.8) is 0 Å². The number of amides is 1. The summed E-state index contributed by atoms with van der Waals surface area (Å²) >= 11 is 0. The van der Waals surface area contributed by atoms with Crippen molar-refractivity contribution < 1.29 is 4.79 Å². The first-order chi connectivity index (χ1) is 12.2. The molecule has 2 aromatic heterocycles. The number of hydrogen-bond donors (Lipinski definition) is 1. The van der Waals surface area contributed by atoms with Crippen LogP contribution in [0, 0.1) is 6.92 Å². The fraction of sp³-hybridized carbons (Fsp3) is 0.333. The zero-order valence-corrected chi connectivity index (χ0v) is 14.1. The van der Waals surface area contributed by atoms with Crippen molar-refractivity contribution >= 4 is 16.8 Å². The largest absolute Gasteiger partial charge is 0.333 e. The third kappa shape index (κ3) is 2.56. The molecule has 1 aromatic carbocycles. The van der Waals surface area contributed by atoms with Crippen LogP contribution in [0.1, 0.15) is 29.0 Å². The fourth-order valence-electron chi connectivity index (χ4n) is 3.51. The third-order valence-electron chi connectivity index (χ3n) is 4.86. The Labute approximate surface area is 145 Å². The molecular formula is C18H20N6O. The Morgan fingerprint density at radius 1 is 1.32 bits per heavy atom. The van der Waals surface area contributed by atoms with E-state index in [-0.39, 0.29) is 11.9 Å². The molecule has 0 spiro atoms. The molecule has 1 saturated heterocycles. The first-order valence-corrected chi connectivity index (χ1v) is 8.48. The number of nitrogens with zero attached hydrogens (tertiary/aromatic N) is 5. The van der Waals surface area contributed by atoms with E-state index in [2.05, 4.69) is 15.3 Å². The summed E-state index contributed by atoms with van der Waals surface area (Å²) in [6.45, 7) is 3.08. The van der Waals surface area contributed by atoms with Crippen LogP contribution in [0.4, 0.5) is 0 Å². The van der Waals surface area contributed by atoms with E-state index in [1.165, 1.54) is 0 Å². The molecule has 0 bridgehead atoms. The zero-order valence-electron chi connectivity index (χ0n) is 14.1. The van der Waals surface area contributed by atoms with Gasteiger partial charge in [-0.3, -0.25) is 9.78 Å². The van der Waals surface area contributed by atoms with Crippen LogP contribution < -0.4 is 5.73 Å². The number of aromatic nitrogens is 4. The molecule has 4 rings (SSSR count). The minimum Gasteiger partial charge on any atom is -0.333 e. The highest BCUT2D eigenvalue weighted by molar-refractivity contribution is 5.94. The monoisotopic (exact) mass is 336 g/mol. The predicted octanol–water partition coefficient (Wildman–Crippen LogP) is 1.69. The predicted molar refractivity (Wildman–Crippen MR) is 94.5 cm³/mol. The van der Waals surface area contributed by atoms with Gasteiger partial charge < -0.3 is 10.6 Å². The molecule has 3 heterocycles. The molecule has 2 N–H and O–H groups in total. The van der Waals surface area contributed by atoms with Gasteiger partial charge in [0, 0.05) is 30.7 Å². The van der Waals surface area contributed by atoms with Gasteiger partial charge in [-0.05, 0) is 44.0 Å². The Bertz CT molecular complexity index is 929. The van der Waals surface area contributed by atoms with E-state index in [4.69, 9.17) is 5.73 Å². The number of likely N-dealkylation sites (tertiary alicyclic amines) is 1. The number of carbonyl (C=O) groups is 1. The van der Waals surface area contributed by atoms with Crippen molar-refractivity contribution in [2.24, 2.45) is 5.73 Å². The first kappa shape index (κ1) is 15.7. The highest BCUT2D eigenvalue weighted by Crippen LogP contribution is 2.24. The molecule has 0 radical (unpaired) electrons. The van der Waals surface area contributed by atoms with E-state index in [1.807, 2.05) is 42.2 Å². The van der Waals surface area contributed by atoms with Crippen molar-refractivity contribution in [1.82, 2.24) is 24.9 Å². The molecule has 3 aromatic rings. The van der Waals surface area contributed by atoms with Crippen molar-refractivity contribution in [2.45, 2.75) is 25.8 Å². The van der Waals surface area contributed by atoms with E-state index in [1.54, 1.807) is 10.9 Å². The van der Waals surface area contributed by atoms with Crippen LogP contribution in [0.3, 0.4) is 0 Å². The number of pyridine rings is 1. The molecule has 1 amide bonds. The molecule has 7 nitrogen and oxygen atoms in total. The van der Waals surface area contributed by atoms with Crippen LogP contribution in [0.5, 0.6) is 0 Å². The van der Waals surface area contributed by atoms with Crippen molar-refractivity contribution in [3.05, 3.63) is 47.9 Å². The third-order valence-corrected chi connectivity index (χ3v) is 4.86. The molecule has 1 aliphatic rings. The maximum atomic E-state index is 12.9. The van der Waals surface area contributed by atoms with Gasteiger partial charge in [-0.15, -0.1) is 5.10 Å². The topological polar surface area (TPSA) is 89.9 Å². The first-order valence-electron chi connectivity index (χ1n) is 8.48. The molecule has 1 atom stereocenters. The average Bonchev–Trinajstić information content (AvgIpc) is 3.27. The molecule has 0 unspecified atom stereocenters. The minimum absolute atomic E-state index is 0.0879. The molecule has 128 valence electrons.